The highest BCUT2D eigenvalue weighted by Gasteiger charge is 2.24. The maximum atomic E-state index is 2.43. The van der Waals surface area contributed by atoms with Crippen LogP contribution in [0.5, 0.6) is 0 Å². The second-order valence-corrected chi connectivity index (χ2v) is 6.84. The molecule has 0 saturated heterocycles. The number of rotatable bonds is 1. The summed E-state index contributed by atoms with van der Waals surface area (Å²) in [6, 6.07) is 15.6. The van der Waals surface area contributed by atoms with Gasteiger partial charge in [0.2, 0.25) is 0 Å². The Bertz CT molecular complexity index is 860. The molecule has 0 bridgehead atoms. The summed E-state index contributed by atoms with van der Waals surface area (Å²) in [7, 11) is 0. The van der Waals surface area contributed by atoms with E-state index < -0.39 is 0 Å². The molecule has 0 fully saturated rings. The molecule has 0 radical (unpaired) electrons. The van der Waals surface area contributed by atoms with Gasteiger partial charge in [-0.15, -0.1) is 0 Å². The molecule has 4 rings (SSSR count). The van der Waals surface area contributed by atoms with E-state index >= 15 is 0 Å². The number of benzene rings is 2. The van der Waals surface area contributed by atoms with Gasteiger partial charge in [0.15, 0.2) is 0 Å². The van der Waals surface area contributed by atoms with Crippen LogP contribution in [0.3, 0.4) is 0 Å². The number of aryl methyl sites for hydroxylation is 2. The Morgan fingerprint density at radius 1 is 0.920 bits per heavy atom. The van der Waals surface area contributed by atoms with Crippen molar-refractivity contribution in [3.05, 3.63) is 99.7 Å². The number of hydrogen-bond donors (Lipinski definition) is 0. The highest BCUT2D eigenvalue weighted by atomic mass is 14.3. The molecule has 0 spiro atoms. The Kier molecular flexibility index (Phi) is 5.08. The van der Waals surface area contributed by atoms with Crippen molar-refractivity contribution in [2.75, 3.05) is 0 Å². The van der Waals surface area contributed by atoms with Crippen LogP contribution in [0.15, 0.2) is 71.8 Å². The van der Waals surface area contributed by atoms with Crippen LogP contribution >= 0.6 is 0 Å². The first-order valence-corrected chi connectivity index (χ1v) is 9.43. The molecular weight excluding hydrogens is 300 g/mol. The van der Waals surface area contributed by atoms with Gasteiger partial charge >= 0.3 is 0 Å². The zero-order chi connectivity index (χ0) is 18.0. The van der Waals surface area contributed by atoms with Crippen LogP contribution in [0, 0.1) is 19.8 Å². The van der Waals surface area contributed by atoms with Gasteiger partial charge in [-0.1, -0.05) is 81.5 Å². The highest BCUT2D eigenvalue weighted by molar-refractivity contribution is 5.90. The monoisotopic (exact) mass is 328 g/mol. The Morgan fingerprint density at radius 3 is 2.32 bits per heavy atom. The van der Waals surface area contributed by atoms with Gasteiger partial charge in [0.1, 0.15) is 0 Å². The first-order valence-electron chi connectivity index (χ1n) is 9.43. The van der Waals surface area contributed by atoms with E-state index in [1.807, 2.05) is 13.8 Å². The average molecular weight is 328 g/mol. The molecule has 2 aliphatic carbocycles. The van der Waals surface area contributed by atoms with Crippen molar-refractivity contribution >= 4 is 5.57 Å². The number of fused-ring (bicyclic) bond motifs is 2. The molecule has 0 aromatic heterocycles. The molecule has 0 N–H and O–H groups in total. The fraction of sp³-hybridized carbons (Fsp3) is 0.280. The molecule has 1 atom stereocenters. The van der Waals surface area contributed by atoms with Gasteiger partial charge < -0.3 is 0 Å². The largest absolute Gasteiger partial charge is 0.0773 e. The van der Waals surface area contributed by atoms with E-state index in [2.05, 4.69) is 81.5 Å². The van der Waals surface area contributed by atoms with Gasteiger partial charge in [-0.3, -0.25) is 0 Å². The van der Waals surface area contributed by atoms with Crippen LogP contribution in [0.1, 0.15) is 48.6 Å². The predicted molar refractivity (Wildman–Crippen MR) is 110 cm³/mol. The van der Waals surface area contributed by atoms with Gasteiger partial charge in [0.25, 0.3) is 0 Å². The van der Waals surface area contributed by atoms with Gasteiger partial charge in [0.05, 0.1) is 0 Å². The average Bonchev–Trinajstić information content (AvgIpc) is 2.63. The third-order valence-corrected chi connectivity index (χ3v) is 5.08. The molecule has 2 aliphatic rings. The summed E-state index contributed by atoms with van der Waals surface area (Å²) in [5.74, 6) is 0.527. The van der Waals surface area contributed by atoms with Crippen LogP contribution < -0.4 is 0 Å². The first-order chi connectivity index (χ1) is 12.1. The minimum atomic E-state index is 0.527. The molecule has 0 aliphatic heterocycles. The second kappa shape index (κ2) is 7.27. The molecule has 0 heterocycles. The van der Waals surface area contributed by atoms with E-state index in [-0.39, 0.29) is 0 Å². The summed E-state index contributed by atoms with van der Waals surface area (Å²) in [5.41, 5.74) is 11.2. The summed E-state index contributed by atoms with van der Waals surface area (Å²) in [6.45, 7) is 10.7. The summed E-state index contributed by atoms with van der Waals surface area (Å²) in [6.07, 6.45) is 8.13. The Hall–Kier alpha value is -2.34. The molecule has 1 unspecified atom stereocenters. The third-order valence-electron chi connectivity index (χ3n) is 5.08. The fourth-order valence-corrected chi connectivity index (χ4v) is 3.74. The van der Waals surface area contributed by atoms with Crippen molar-refractivity contribution in [2.45, 2.75) is 41.0 Å². The van der Waals surface area contributed by atoms with Gasteiger partial charge in [-0.05, 0) is 70.7 Å². The van der Waals surface area contributed by atoms with Crippen molar-refractivity contribution < 1.29 is 0 Å². The van der Waals surface area contributed by atoms with Gasteiger partial charge in [-0.2, -0.15) is 0 Å². The standard InChI is InChI=1S/C23H22.C2H6/c1-15-9-10-21-19(11-15)14-20-12-16(2)17(3)13-22(20)23(21)18-7-5-4-6-8-18;1-2/h4-13,15H,14H2,1-3H3;1-2H3. The number of hydrogen-bond acceptors (Lipinski definition) is 0. The molecule has 2 aromatic carbocycles. The van der Waals surface area contributed by atoms with E-state index in [0.29, 0.717) is 5.92 Å². The first kappa shape index (κ1) is 17.5. The quantitative estimate of drug-likeness (QED) is 0.539. The minimum absolute atomic E-state index is 0.527. The molecule has 0 heteroatoms. The third kappa shape index (κ3) is 3.26. The van der Waals surface area contributed by atoms with Crippen molar-refractivity contribution in [1.29, 1.82) is 0 Å². The van der Waals surface area contributed by atoms with Crippen LogP contribution in [0.25, 0.3) is 5.57 Å². The van der Waals surface area contributed by atoms with E-state index in [1.54, 1.807) is 0 Å². The van der Waals surface area contributed by atoms with Crippen molar-refractivity contribution in [2.24, 2.45) is 5.92 Å². The lowest BCUT2D eigenvalue weighted by molar-refractivity contribution is 0.896. The van der Waals surface area contributed by atoms with E-state index in [9.17, 15) is 0 Å². The van der Waals surface area contributed by atoms with Crippen molar-refractivity contribution in [3.8, 4) is 0 Å². The Balaban J connectivity index is 0.000000880. The molecule has 2 aromatic rings. The van der Waals surface area contributed by atoms with Crippen LogP contribution in [-0.4, -0.2) is 0 Å². The van der Waals surface area contributed by atoms with E-state index in [1.165, 1.54) is 44.5 Å². The Labute approximate surface area is 152 Å². The smallest absolute Gasteiger partial charge is 0.00163 e. The lowest BCUT2D eigenvalue weighted by Crippen LogP contribution is -2.12. The van der Waals surface area contributed by atoms with E-state index in [4.69, 9.17) is 0 Å². The lowest BCUT2D eigenvalue weighted by Gasteiger charge is -2.28. The van der Waals surface area contributed by atoms with Crippen LogP contribution in [0.2, 0.25) is 0 Å². The fourth-order valence-electron chi connectivity index (χ4n) is 3.74. The predicted octanol–water partition coefficient (Wildman–Crippen LogP) is 6.82. The van der Waals surface area contributed by atoms with Gasteiger partial charge in [-0.25, -0.2) is 0 Å². The Morgan fingerprint density at radius 2 is 1.60 bits per heavy atom. The summed E-state index contributed by atoms with van der Waals surface area (Å²) in [4.78, 5) is 0. The molecule has 0 nitrogen and oxygen atoms in total. The zero-order valence-electron chi connectivity index (χ0n) is 16.1. The molecule has 0 saturated carbocycles. The van der Waals surface area contributed by atoms with Crippen molar-refractivity contribution in [3.63, 3.8) is 0 Å². The van der Waals surface area contributed by atoms with Crippen LogP contribution in [0.4, 0.5) is 0 Å². The normalized spacial score (nSPS) is 18.0. The topological polar surface area (TPSA) is 0 Å². The zero-order valence-corrected chi connectivity index (χ0v) is 16.1. The van der Waals surface area contributed by atoms with E-state index in [0.717, 1.165) is 6.42 Å². The maximum Gasteiger partial charge on any atom is -0.00163 e. The maximum absolute atomic E-state index is 2.43. The summed E-state index contributed by atoms with van der Waals surface area (Å²) in [5, 5.41) is 0. The summed E-state index contributed by atoms with van der Waals surface area (Å²) >= 11 is 0. The second-order valence-electron chi connectivity index (χ2n) is 6.84. The summed E-state index contributed by atoms with van der Waals surface area (Å²) < 4.78 is 0. The van der Waals surface area contributed by atoms with Crippen LogP contribution in [-0.2, 0) is 6.42 Å². The lowest BCUT2D eigenvalue weighted by atomic mass is 9.75. The van der Waals surface area contributed by atoms with Crippen molar-refractivity contribution in [1.82, 2.24) is 0 Å². The molecule has 128 valence electrons. The highest BCUT2D eigenvalue weighted by Crippen LogP contribution is 2.42. The molecular formula is C25H28. The van der Waals surface area contributed by atoms with Gasteiger partial charge in [0, 0.05) is 0 Å². The molecule has 25 heavy (non-hydrogen) atoms. The minimum Gasteiger partial charge on any atom is -0.0773 e. The SMILES string of the molecule is CC.Cc1cc2c(cc1C)C(c1ccccc1)=C1C=CC(C)C=C1C2. The molecule has 0 amide bonds. The number of allylic oxidation sites excluding steroid dienone is 5.